The van der Waals surface area contributed by atoms with Gasteiger partial charge in [-0.2, -0.15) is 0 Å². The minimum Gasteiger partial charge on any atom is -0.384 e. The molecule has 0 spiro atoms. The number of aromatic nitrogens is 1. The van der Waals surface area contributed by atoms with Crippen molar-refractivity contribution in [1.29, 1.82) is 5.41 Å². The van der Waals surface area contributed by atoms with E-state index in [4.69, 9.17) is 16.1 Å². The van der Waals surface area contributed by atoms with E-state index in [0.717, 1.165) is 37.2 Å². The van der Waals surface area contributed by atoms with E-state index in [-0.39, 0.29) is 5.84 Å². The van der Waals surface area contributed by atoms with Gasteiger partial charge in [0.05, 0.1) is 5.56 Å². The Hall–Kier alpha value is -1.58. The number of nitrogens with zero attached hydrogens (tertiary/aromatic N) is 2. The summed E-state index contributed by atoms with van der Waals surface area (Å²) in [6.45, 7) is 5.54. The number of amidine groups is 1. The maximum atomic E-state index is 7.92. The van der Waals surface area contributed by atoms with Gasteiger partial charge in [-0.15, -0.1) is 0 Å². The average molecular weight is 286 g/mol. The summed E-state index contributed by atoms with van der Waals surface area (Å²) in [5.41, 5.74) is 9.20. The highest BCUT2D eigenvalue weighted by Crippen LogP contribution is 2.35. The van der Waals surface area contributed by atoms with Gasteiger partial charge in [0.2, 0.25) is 0 Å². The van der Waals surface area contributed by atoms with Crippen LogP contribution in [0.3, 0.4) is 0 Å². The molecule has 1 saturated carbocycles. The number of rotatable bonds is 6. The fraction of sp³-hybridized carbons (Fsp3) is 0.647. The standard InChI is InChI=1S/C17H26N4/c1-11(2)8-9-21(13-6-7-13)17-14(16(18)19)10-12-4-3-5-15(12)20-17/h10-11,13H,3-9H2,1-2H3,(H3,18,19). The molecular formula is C17H26N4. The second kappa shape index (κ2) is 5.66. The normalized spacial score (nSPS) is 17.1. The number of fused-ring (bicyclic) bond motifs is 1. The van der Waals surface area contributed by atoms with E-state index in [2.05, 4.69) is 24.8 Å². The van der Waals surface area contributed by atoms with Crippen LogP contribution in [0.15, 0.2) is 6.07 Å². The van der Waals surface area contributed by atoms with Gasteiger partial charge in [0, 0.05) is 18.3 Å². The Morgan fingerprint density at radius 2 is 2.19 bits per heavy atom. The van der Waals surface area contributed by atoms with Gasteiger partial charge < -0.3 is 10.6 Å². The molecule has 2 aliphatic rings. The fourth-order valence-electron chi connectivity index (χ4n) is 3.12. The van der Waals surface area contributed by atoms with Gasteiger partial charge in [-0.1, -0.05) is 13.8 Å². The Kier molecular flexibility index (Phi) is 3.87. The summed E-state index contributed by atoms with van der Waals surface area (Å²) in [6, 6.07) is 2.73. The molecule has 1 aromatic rings. The molecule has 0 bridgehead atoms. The molecule has 0 unspecified atom stereocenters. The first-order valence-corrected chi connectivity index (χ1v) is 8.20. The third-order valence-corrected chi connectivity index (χ3v) is 4.53. The number of nitrogens with one attached hydrogen (secondary N) is 1. The van der Waals surface area contributed by atoms with Gasteiger partial charge in [-0.05, 0) is 56.1 Å². The van der Waals surface area contributed by atoms with Crippen LogP contribution in [0.1, 0.15) is 56.4 Å². The van der Waals surface area contributed by atoms with Gasteiger partial charge in [-0.25, -0.2) is 4.98 Å². The van der Waals surface area contributed by atoms with Crippen molar-refractivity contribution in [2.75, 3.05) is 11.4 Å². The second-order valence-corrected chi connectivity index (χ2v) is 6.84. The van der Waals surface area contributed by atoms with Crippen molar-refractivity contribution >= 4 is 11.7 Å². The third-order valence-electron chi connectivity index (χ3n) is 4.53. The van der Waals surface area contributed by atoms with Crippen LogP contribution in [0.2, 0.25) is 0 Å². The Morgan fingerprint density at radius 3 is 2.81 bits per heavy atom. The van der Waals surface area contributed by atoms with E-state index < -0.39 is 0 Å². The topological polar surface area (TPSA) is 66.0 Å². The third kappa shape index (κ3) is 3.04. The summed E-state index contributed by atoms with van der Waals surface area (Å²) in [4.78, 5) is 7.33. The molecule has 0 saturated heterocycles. The van der Waals surface area contributed by atoms with E-state index in [1.807, 2.05) is 0 Å². The Bertz CT molecular complexity index is 546. The predicted molar refractivity (Wildman–Crippen MR) is 87.1 cm³/mol. The van der Waals surface area contributed by atoms with E-state index >= 15 is 0 Å². The molecular weight excluding hydrogens is 260 g/mol. The zero-order valence-electron chi connectivity index (χ0n) is 13.2. The minimum absolute atomic E-state index is 0.155. The molecule has 0 aromatic carbocycles. The van der Waals surface area contributed by atoms with Crippen LogP contribution < -0.4 is 10.6 Å². The van der Waals surface area contributed by atoms with E-state index in [1.165, 1.54) is 30.5 Å². The quantitative estimate of drug-likeness (QED) is 0.624. The van der Waals surface area contributed by atoms with E-state index in [9.17, 15) is 0 Å². The molecule has 114 valence electrons. The monoisotopic (exact) mass is 286 g/mol. The van der Waals surface area contributed by atoms with Crippen molar-refractivity contribution in [3.05, 3.63) is 22.9 Å². The van der Waals surface area contributed by atoms with E-state index in [0.29, 0.717) is 12.0 Å². The number of hydrogen-bond acceptors (Lipinski definition) is 3. The molecule has 1 heterocycles. The molecule has 1 aromatic heterocycles. The Labute approximate surface area is 127 Å². The second-order valence-electron chi connectivity index (χ2n) is 6.84. The number of anilines is 1. The van der Waals surface area contributed by atoms with Gasteiger partial charge >= 0.3 is 0 Å². The summed E-state index contributed by atoms with van der Waals surface area (Å²) in [5.74, 6) is 1.80. The molecule has 0 amide bonds. The molecule has 2 aliphatic carbocycles. The highest BCUT2D eigenvalue weighted by Gasteiger charge is 2.32. The van der Waals surface area contributed by atoms with Crippen molar-refractivity contribution in [2.45, 2.75) is 58.4 Å². The molecule has 3 N–H and O–H groups in total. The first kappa shape index (κ1) is 14.4. The van der Waals surface area contributed by atoms with Gasteiger partial charge in [-0.3, -0.25) is 5.41 Å². The Balaban J connectivity index is 1.95. The van der Waals surface area contributed by atoms with Crippen LogP contribution in [-0.2, 0) is 12.8 Å². The van der Waals surface area contributed by atoms with Crippen molar-refractivity contribution < 1.29 is 0 Å². The van der Waals surface area contributed by atoms with Crippen molar-refractivity contribution in [3.8, 4) is 0 Å². The average Bonchev–Trinajstić information content (AvgIpc) is 3.15. The van der Waals surface area contributed by atoms with Crippen molar-refractivity contribution in [2.24, 2.45) is 11.7 Å². The molecule has 21 heavy (non-hydrogen) atoms. The largest absolute Gasteiger partial charge is 0.384 e. The molecule has 4 heteroatoms. The zero-order chi connectivity index (χ0) is 15.0. The highest BCUT2D eigenvalue weighted by atomic mass is 15.2. The van der Waals surface area contributed by atoms with Gasteiger partial charge in [0.15, 0.2) is 0 Å². The summed E-state index contributed by atoms with van der Waals surface area (Å²) < 4.78 is 0. The fourth-order valence-corrected chi connectivity index (χ4v) is 3.12. The van der Waals surface area contributed by atoms with Crippen LogP contribution in [-0.4, -0.2) is 23.4 Å². The number of nitrogens with two attached hydrogens (primary N) is 1. The summed E-state index contributed by atoms with van der Waals surface area (Å²) in [6.07, 6.45) is 6.98. The lowest BCUT2D eigenvalue weighted by Gasteiger charge is -2.27. The first-order chi connectivity index (χ1) is 10.1. The number of pyridine rings is 1. The van der Waals surface area contributed by atoms with Crippen LogP contribution >= 0.6 is 0 Å². The maximum Gasteiger partial charge on any atom is 0.140 e. The number of aryl methyl sites for hydroxylation is 2. The Morgan fingerprint density at radius 1 is 1.43 bits per heavy atom. The molecule has 3 rings (SSSR count). The van der Waals surface area contributed by atoms with E-state index in [1.54, 1.807) is 0 Å². The lowest BCUT2D eigenvalue weighted by Crippen LogP contribution is -2.31. The lowest BCUT2D eigenvalue weighted by molar-refractivity contribution is 0.568. The van der Waals surface area contributed by atoms with Crippen LogP contribution in [0.4, 0.5) is 5.82 Å². The summed E-state index contributed by atoms with van der Waals surface area (Å²) in [5, 5.41) is 7.92. The molecule has 1 fully saturated rings. The molecule has 4 nitrogen and oxygen atoms in total. The lowest BCUT2D eigenvalue weighted by atomic mass is 10.1. The minimum atomic E-state index is 0.155. The summed E-state index contributed by atoms with van der Waals surface area (Å²) in [7, 11) is 0. The maximum absolute atomic E-state index is 7.92. The van der Waals surface area contributed by atoms with Gasteiger partial charge in [0.1, 0.15) is 11.7 Å². The zero-order valence-corrected chi connectivity index (χ0v) is 13.2. The van der Waals surface area contributed by atoms with Crippen LogP contribution in [0, 0.1) is 11.3 Å². The highest BCUT2D eigenvalue weighted by molar-refractivity contribution is 6.00. The number of nitrogen functional groups attached to an aromatic ring is 1. The SMILES string of the molecule is CC(C)CCN(c1nc2c(cc1C(=N)N)CCC2)C1CC1. The van der Waals surface area contributed by atoms with Crippen molar-refractivity contribution in [1.82, 2.24) is 4.98 Å². The smallest absolute Gasteiger partial charge is 0.140 e. The molecule has 0 radical (unpaired) electrons. The summed E-state index contributed by atoms with van der Waals surface area (Å²) >= 11 is 0. The van der Waals surface area contributed by atoms with Crippen LogP contribution in [0.25, 0.3) is 0 Å². The van der Waals surface area contributed by atoms with Crippen molar-refractivity contribution in [3.63, 3.8) is 0 Å². The predicted octanol–water partition coefficient (Wildman–Crippen LogP) is 2.87. The first-order valence-electron chi connectivity index (χ1n) is 8.20. The molecule has 0 atom stereocenters. The number of hydrogen-bond donors (Lipinski definition) is 2. The molecule has 0 aliphatic heterocycles. The van der Waals surface area contributed by atoms with Crippen LogP contribution in [0.5, 0.6) is 0 Å². The van der Waals surface area contributed by atoms with Gasteiger partial charge in [0.25, 0.3) is 0 Å².